The zero-order valence-corrected chi connectivity index (χ0v) is 19.6. The first-order valence-corrected chi connectivity index (χ1v) is 11.0. The van der Waals surface area contributed by atoms with Gasteiger partial charge in [-0.2, -0.15) is 0 Å². The molecule has 0 unspecified atom stereocenters. The summed E-state index contributed by atoms with van der Waals surface area (Å²) in [7, 11) is 1.36. The zero-order valence-electron chi connectivity index (χ0n) is 19.6. The Balaban J connectivity index is 2.06. The molecule has 1 amide bonds. The summed E-state index contributed by atoms with van der Waals surface area (Å²) in [6.07, 6.45) is 3.30. The topological polar surface area (TPSA) is 125 Å². The highest BCUT2D eigenvalue weighted by molar-refractivity contribution is 5.86. The van der Waals surface area contributed by atoms with Crippen LogP contribution in [0, 0.1) is 10.1 Å². The van der Waals surface area contributed by atoms with E-state index in [1.807, 2.05) is 0 Å². The Kier molecular flexibility index (Phi) is 9.19. The van der Waals surface area contributed by atoms with E-state index in [1.165, 1.54) is 31.3 Å². The Morgan fingerprint density at radius 2 is 1.73 bits per heavy atom. The van der Waals surface area contributed by atoms with E-state index in [9.17, 15) is 24.5 Å². The minimum absolute atomic E-state index is 0.0851. The largest absolute Gasteiger partial charge is 0.462 e. The van der Waals surface area contributed by atoms with Crippen LogP contribution in [-0.4, -0.2) is 52.6 Å². The summed E-state index contributed by atoms with van der Waals surface area (Å²) in [5.74, 6) is -1.39. The molecule has 182 valence electrons. The molecule has 1 aliphatic carbocycles. The number of carbonyl (C=O) groups excluding carboxylic acids is 3. The van der Waals surface area contributed by atoms with Gasteiger partial charge in [-0.1, -0.05) is 6.42 Å². The van der Waals surface area contributed by atoms with Gasteiger partial charge < -0.3 is 14.2 Å². The molecule has 0 N–H and O–H groups in total. The normalized spacial score (nSPS) is 15.3. The smallest absolute Gasteiger partial charge is 0.410 e. The van der Waals surface area contributed by atoms with Crippen molar-refractivity contribution in [2.24, 2.45) is 0 Å². The molecule has 33 heavy (non-hydrogen) atoms. The number of ether oxygens (including phenoxy) is 3. The second-order valence-corrected chi connectivity index (χ2v) is 9.09. The van der Waals surface area contributed by atoms with Crippen LogP contribution in [0.15, 0.2) is 24.3 Å². The van der Waals surface area contributed by atoms with Crippen LogP contribution < -0.4 is 0 Å². The number of hydrogen-bond acceptors (Lipinski definition) is 8. The van der Waals surface area contributed by atoms with Gasteiger partial charge in [0.05, 0.1) is 11.3 Å². The molecular formula is C23H32N2O8. The van der Waals surface area contributed by atoms with Gasteiger partial charge in [-0.3, -0.25) is 19.8 Å². The number of nitrogens with zero attached hydrogens (tertiary/aromatic N) is 2. The molecule has 1 saturated carbocycles. The molecule has 2 rings (SSSR count). The van der Waals surface area contributed by atoms with Crippen LogP contribution >= 0.6 is 0 Å². The summed E-state index contributed by atoms with van der Waals surface area (Å²) in [5, 5.41) is 10.8. The maximum Gasteiger partial charge on any atom is 0.410 e. The number of nitro benzene ring substituents is 1. The van der Waals surface area contributed by atoms with Crippen LogP contribution in [0.1, 0.15) is 64.9 Å². The van der Waals surface area contributed by atoms with E-state index in [2.05, 4.69) is 0 Å². The number of likely N-dealkylation sites (N-methyl/N-ethyl adjacent to an activating group) is 1. The molecule has 1 aliphatic rings. The Morgan fingerprint density at radius 3 is 2.27 bits per heavy atom. The molecule has 10 nitrogen and oxygen atoms in total. The highest BCUT2D eigenvalue weighted by atomic mass is 16.6. The summed E-state index contributed by atoms with van der Waals surface area (Å²) in [6.45, 7) is 4.90. The number of nitro groups is 1. The fourth-order valence-corrected chi connectivity index (χ4v) is 3.38. The van der Waals surface area contributed by atoms with Crippen molar-refractivity contribution >= 4 is 23.7 Å². The fourth-order valence-electron chi connectivity index (χ4n) is 3.38. The van der Waals surface area contributed by atoms with Crippen molar-refractivity contribution in [1.82, 2.24) is 4.90 Å². The maximum atomic E-state index is 12.8. The van der Waals surface area contributed by atoms with E-state index in [0.717, 1.165) is 37.0 Å². The van der Waals surface area contributed by atoms with Crippen molar-refractivity contribution in [3.8, 4) is 0 Å². The van der Waals surface area contributed by atoms with Crippen LogP contribution in [0.4, 0.5) is 10.5 Å². The molecule has 10 heteroatoms. The van der Waals surface area contributed by atoms with Crippen LogP contribution in [0.25, 0.3) is 0 Å². The third-order valence-corrected chi connectivity index (χ3v) is 5.16. The van der Waals surface area contributed by atoms with Gasteiger partial charge >= 0.3 is 18.0 Å². The lowest BCUT2D eigenvalue weighted by molar-refractivity contribution is -0.384. The molecule has 0 spiro atoms. The quantitative estimate of drug-likeness (QED) is 0.243. The third-order valence-electron chi connectivity index (χ3n) is 5.16. The van der Waals surface area contributed by atoms with E-state index in [4.69, 9.17) is 14.2 Å². The van der Waals surface area contributed by atoms with Gasteiger partial charge in [-0.05, 0) is 64.2 Å². The lowest BCUT2D eigenvalue weighted by Gasteiger charge is -2.29. The monoisotopic (exact) mass is 464 g/mol. The highest BCUT2D eigenvalue weighted by Crippen LogP contribution is 2.22. The van der Waals surface area contributed by atoms with Gasteiger partial charge in [0.15, 0.2) is 0 Å². The van der Waals surface area contributed by atoms with Gasteiger partial charge in [0.2, 0.25) is 0 Å². The number of carbonyl (C=O) groups is 3. The molecule has 0 heterocycles. The van der Waals surface area contributed by atoms with Gasteiger partial charge in [-0.25, -0.2) is 9.59 Å². The second kappa shape index (κ2) is 11.6. The molecule has 0 aliphatic heterocycles. The van der Waals surface area contributed by atoms with E-state index in [1.54, 1.807) is 20.8 Å². The third kappa shape index (κ3) is 8.70. The number of rotatable bonds is 8. The second-order valence-electron chi connectivity index (χ2n) is 9.09. The molecule has 1 fully saturated rings. The summed E-state index contributed by atoms with van der Waals surface area (Å²) < 4.78 is 16.2. The first kappa shape index (κ1) is 26.1. The maximum absolute atomic E-state index is 12.8. The van der Waals surface area contributed by atoms with E-state index < -0.39 is 34.6 Å². The van der Waals surface area contributed by atoms with Crippen molar-refractivity contribution < 1.29 is 33.5 Å². The summed E-state index contributed by atoms with van der Waals surface area (Å²) in [5.41, 5.74) is -0.350. The van der Waals surface area contributed by atoms with Gasteiger partial charge in [-0.15, -0.1) is 0 Å². The van der Waals surface area contributed by atoms with Crippen molar-refractivity contribution in [3.63, 3.8) is 0 Å². The Labute approximate surface area is 193 Å². The lowest BCUT2D eigenvalue weighted by Crippen LogP contribution is -2.47. The van der Waals surface area contributed by atoms with Crippen molar-refractivity contribution in [3.05, 3.63) is 39.9 Å². The standard InChI is InChI=1S/C23H32N2O8/c1-23(2,3)33-22(28)24(4)19(14-20(26)32-18-8-6-5-7-9-18)21(27)31-15-16-10-12-17(13-11-16)25(29)30/h10-13,18-19H,5-9,14-15H2,1-4H3/t19-/m0/s1. The summed E-state index contributed by atoms with van der Waals surface area (Å²) >= 11 is 0. The molecular weight excluding hydrogens is 432 g/mol. The molecule has 0 aromatic heterocycles. The molecule has 1 aromatic rings. The van der Waals surface area contributed by atoms with E-state index in [0.29, 0.717) is 5.56 Å². The Hall–Kier alpha value is -3.17. The minimum Gasteiger partial charge on any atom is -0.462 e. The molecule has 0 bridgehead atoms. The van der Waals surface area contributed by atoms with Gasteiger partial charge in [0, 0.05) is 19.2 Å². The van der Waals surface area contributed by atoms with E-state index in [-0.39, 0.29) is 24.8 Å². The average Bonchev–Trinajstić information content (AvgIpc) is 2.75. The number of hydrogen-bond donors (Lipinski definition) is 0. The average molecular weight is 465 g/mol. The summed E-state index contributed by atoms with van der Waals surface area (Å²) in [4.78, 5) is 49.2. The van der Waals surface area contributed by atoms with Crippen LogP contribution in [-0.2, 0) is 30.4 Å². The van der Waals surface area contributed by atoms with Crippen molar-refractivity contribution in [2.75, 3.05) is 7.05 Å². The molecule has 0 radical (unpaired) electrons. The summed E-state index contributed by atoms with van der Waals surface area (Å²) in [6, 6.07) is 4.29. The van der Waals surface area contributed by atoms with Crippen LogP contribution in [0.3, 0.4) is 0 Å². The van der Waals surface area contributed by atoms with Crippen molar-refractivity contribution in [1.29, 1.82) is 0 Å². The van der Waals surface area contributed by atoms with Gasteiger partial charge in [0.25, 0.3) is 5.69 Å². The van der Waals surface area contributed by atoms with Gasteiger partial charge in [0.1, 0.15) is 24.4 Å². The minimum atomic E-state index is -1.24. The number of esters is 2. The number of non-ortho nitro benzene ring substituents is 1. The fraction of sp³-hybridized carbons (Fsp3) is 0.609. The van der Waals surface area contributed by atoms with Crippen molar-refractivity contribution in [2.45, 2.75) is 83.6 Å². The lowest BCUT2D eigenvalue weighted by atomic mass is 9.98. The Bertz CT molecular complexity index is 841. The predicted octanol–water partition coefficient (Wildman–Crippen LogP) is 4.14. The first-order valence-electron chi connectivity index (χ1n) is 11.0. The highest BCUT2D eigenvalue weighted by Gasteiger charge is 2.34. The van der Waals surface area contributed by atoms with Crippen LogP contribution in [0.5, 0.6) is 0 Å². The van der Waals surface area contributed by atoms with E-state index >= 15 is 0 Å². The van der Waals surface area contributed by atoms with Crippen LogP contribution in [0.2, 0.25) is 0 Å². The SMILES string of the molecule is CN(C(=O)OC(C)(C)C)[C@@H](CC(=O)OC1CCCCC1)C(=O)OCc1ccc([N+](=O)[O-])cc1. The molecule has 1 aromatic carbocycles. The first-order chi connectivity index (χ1) is 15.5. The molecule has 1 atom stereocenters. The number of amides is 1. The number of benzene rings is 1. The zero-order chi connectivity index (χ0) is 24.6. The molecule has 0 saturated heterocycles. The Morgan fingerprint density at radius 1 is 1.12 bits per heavy atom. The predicted molar refractivity (Wildman–Crippen MR) is 118 cm³/mol.